The van der Waals surface area contributed by atoms with E-state index in [1.165, 1.54) is 23.5 Å². The number of nitrogens with one attached hydrogen (secondary N) is 1. The molecule has 3 aromatic rings. The maximum Gasteiger partial charge on any atom is 0.225 e. The molecule has 2 saturated carbocycles. The third-order valence-corrected chi connectivity index (χ3v) is 11.1. The average molecular weight is 579 g/mol. The van der Waals surface area contributed by atoms with Gasteiger partial charge >= 0.3 is 0 Å². The molecule has 0 radical (unpaired) electrons. The average Bonchev–Trinajstić information content (AvgIpc) is 3.59. The number of carbonyl (C=O) groups is 1. The zero-order valence-corrected chi connectivity index (χ0v) is 23.7. The molecule has 2 atom stereocenters. The van der Waals surface area contributed by atoms with Crippen LogP contribution in [0.25, 0.3) is 21.0 Å². The fraction of sp³-hybridized carbons (Fsp3) is 0.433. The van der Waals surface area contributed by atoms with Crippen molar-refractivity contribution in [2.75, 3.05) is 29.5 Å². The molecular weight excluding hydrogens is 547 g/mol. The number of amides is 1. The molecule has 1 aliphatic heterocycles. The van der Waals surface area contributed by atoms with E-state index in [-0.39, 0.29) is 35.1 Å². The fourth-order valence-electron chi connectivity index (χ4n) is 5.82. The van der Waals surface area contributed by atoms with E-state index in [1.807, 2.05) is 30.3 Å². The van der Waals surface area contributed by atoms with Gasteiger partial charge in [-0.2, -0.15) is 5.26 Å². The first-order chi connectivity index (χ1) is 19.3. The van der Waals surface area contributed by atoms with Crippen molar-refractivity contribution in [1.82, 2.24) is 10.3 Å². The van der Waals surface area contributed by atoms with E-state index < -0.39 is 15.4 Å². The van der Waals surface area contributed by atoms with Crippen LogP contribution in [0.2, 0.25) is 0 Å². The van der Waals surface area contributed by atoms with Crippen molar-refractivity contribution in [3.8, 4) is 27.1 Å². The summed E-state index contributed by atoms with van der Waals surface area (Å²) < 4.78 is 37.9. The largest absolute Gasteiger partial charge is 0.369 e. The van der Waals surface area contributed by atoms with Gasteiger partial charge in [-0.05, 0) is 55.5 Å². The van der Waals surface area contributed by atoms with Gasteiger partial charge in [0.2, 0.25) is 5.91 Å². The molecule has 0 spiro atoms. The summed E-state index contributed by atoms with van der Waals surface area (Å²) in [4.78, 5) is 21.5. The quantitative estimate of drug-likeness (QED) is 0.426. The maximum atomic E-state index is 14.1. The van der Waals surface area contributed by atoms with Crippen LogP contribution in [-0.4, -0.2) is 49.4 Å². The summed E-state index contributed by atoms with van der Waals surface area (Å²) >= 11 is 1.50. The van der Waals surface area contributed by atoms with E-state index in [0.29, 0.717) is 36.5 Å². The van der Waals surface area contributed by atoms with Crippen LogP contribution in [-0.2, 0) is 14.6 Å². The Kier molecular flexibility index (Phi) is 7.13. The van der Waals surface area contributed by atoms with Gasteiger partial charge in [-0.25, -0.2) is 17.8 Å². The molecule has 3 aliphatic rings. The molecule has 1 N–H and O–H groups in total. The molecule has 2 aliphatic carbocycles. The minimum absolute atomic E-state index is 0.0783. The number of benzene rings is 2. The van der Waals surface area contributed by atoms with E-state index in [9.17, 15) is 22.9 Å². The number of rotatable bonds is 6. The Morgan fingerprint density at radius 1 is 1.07 bits per heavy atom. The Morgan fingerprint density at radius 3 is 2.48 bits per heavy atom. The number of carbonyl (C=O) groups excluding carboxylic acids is 1. The van der Waals surface area contributed by atoms with Gasteiger partial charge in [-0.3, -0.25) is 4.79 Å². The van der Waals surface area contributed by atoms with Crippen LogP contribution in [0.15, 0.2) is 48.5 Å². The number of nitriles is 1. The van der Waals surface area contributed by atoms with Crippen LogP contribution in [0.1, 0.15) is 50.1 Å². The van der Waals surface area contributed by atoms with Gasteiger partial charge in [0.15, 0.2) is 9.84 Å². The van der Waals surface area contributed by atoms with Crippen LogP contribution in [0.3, 0.4) is 0 Å². The van der Waals surface area contributed by atoms with Crippen molar-refractivity contribution >= 4 is 32.8 Å². The van der Waals surface area contributed by atoms with E-state index in [4.69, 9.17) is 4.98 Å². The van der Waals surface area contributed by atoms with Crippen LogP contribution in [0.5, 0.6) is 0 Å². The van der Waals surface area contributed by atoms with Crippen molar-refractivity contribution in [1.29, 1.82) is 5.26 Å². The van der Waals surface area contributed by atoms with E-state index in [0.717, 1.165) is 47.5 Å². The Balaban J connectivity index is 1.35. The standard InChI is InChI=1S/C30H31FN4O3S2/c31-22-5-3-4-21(18-22)29-33-26(24-6-1-2-7-25(24)28(36)34-30(19-32)12-13-30)27(39-29)20-8-10-23(11-9-20)35-14-16-40(37,38)17-15-35/h3-5,8-11,18,24-25H,1-2,6-7,12-17H2,(H,34,36)/t24-,25-/m1/s1. The minimum atomic E-state index is -2.97. The fourth-order valence-corrected chi connectivity index (χ4v) is 8.16. The lowest BCUT2D eigenvalue weighted by Gasteiger charge is -2.31. The number of thiazole rings is 1. The van der Waals surface area contributed by atoms with Gasteiger partial charge in [-0.1, -0.05) is 37.1 Å². The van der Waals surface area contributed by atoms with Crippen molar-refractivity contribution in [3.05, 3.63) is 60.0 Å². The van der Waals surface area contributed by atoms with Crippen molar-refractivity contribution in [2.24, 2.45) is 5.92 Å². The molecule has 2 aromatic carbocycles. The zero-order chi connectivity index (χ0) is 27.9. The molecule has 7 nitrogen and oxygen atoms in total. The Morgan fingerprint density at radius 2 is 1.80 bits per heavy atom. The van der Waals surface area contributed by atoms with Crippen molar-refractivity contribution in [3.63, 3.8) is 0 Å². The summed E-state index contributed by atoms with van der Waals surface area (Å²) in [6, 6.07) is 16.7. The zero-order valence-electron chi connectivity index (χ0n) is 22.1. The molecule has 0 bridgehead atoms. The van der Waals surface area contributed by atoms with Crippen LogP contribution in [0, 0.1) is 23.1 Å². The number of nitrogens with zero attached hydrogens (tertiary/aromatic N) is 3. The third kappa shape index (κ3) is 5.50. The second-order valence-corrected chi connectivity index (χ2v) is 14.4. The van der Waals surface area contributed by atoms with Gasteiger partial charge in [0.25, 0.3) is 0 Å². The summed E-state index contributed by atoms with van der Waals surface area (Å²) in [5, 5.41) is 13.3. The van der Waals surface area contributed by atoms with Crippen LogP contribution >= 0.6 is 11.3 Å². The summed E-state index contributed by atoms with van der Waals surface area (Å²) in [6.45, 7) is 0.945. The van der Waals surface area contributed by atoms with Gasteiger partial charge in [0.05, 0.1) is 28.1 Å². The van der Waals surface area contributed by atoms with E-state index in [2.05, 4.69) is 16.3 Å². The van der Waals surface area contributed by atoms with Crippen molar-refractivity contribution < 1.29 is 17.6 Å². The molecule has 3 fully saturated rings. The van der Waals surface area contributed by atoms with Crippen LogP contribution in [0.4, 0.5) is 10.1 Å². The summed E-state index contributed by atoms with van der Waals surface area (Å²) in [5.74, 6) is -0.485. The number of anilines is 1. The number of hydrogen-bond acceptors (Lipinski definition) is 7. The first-order valence-electron chi connectivity index (χ1n) is 13.8. The molecule has 10 heteroatoms. The highest BCUT2D eigenvalue weighted by Crippen LogP contribution is 2.46. The molecule has 1 saturated heterocycles. The predicted octanol–water partition coefficient (Wildman–Crippen LogP) is 5.30. The molecule has 1 aromatic heterocycles. The second kappa shape index (κ2) is 10.6. The summed E-state index contributed by atoms with van der Waals surface area (Å²) in [6.07, 6.45) is 4.87. The summed E-state index contributed by atoms with van der Waals surface area (Å²) in [5.41, 5.74) is 2.75. The molecule has 208 valence electrons. The highest BCUT2D eigenvalue weighted by molar-refractivity contribution is 7.91. The number of aromatic nitrogens is 1. The SMILES string of the molecule is N#CC1(NC(=O)[C@@H]2CCCC[C@H]2c2nc(-c3cccc(F)c3)sc2-c2ccc(N3CCS(=O)(=O)CC3)cc2)CC1. The topological polar surface area (TPSA) is 103 Å². The lowest BCUT2D eigenvalue weighted by atomic mass is 9.76. The summed E-state index contributed by atoms with van der Waals surface area (Å²) in [7, 11) is -2.97. The van der Waals surface area contributed by atoms with E-state index in [1.54, 1.807) is 6.07 Å². The van der Waals surface area contributed by atoms with E-state index >= 15 is 0 Å². The number of sulfone groups is 1. The molecule has 6 rings (SSSR count). The maximum absolute atomic E-state index is 14.1. The molecule has 1 amide bonds. The highest BCUT2D eigenvalue weighted by Gasteiger charge is 2.47. The lowest BCUT2D eigenvalue weighted by Crippen LogP contribution is -2.42. The minimum Gasteiger partial charge on any atom is -0.369 e. The van der Waals surface area contributed by atoms with Gasteiger partial charge in [0.1, 0.15) is 16.4 Å². The second-order valence-electron chi connectivity index (χ2n) is 11.1. The predicted molar refractivity (Wildman–Crippen MR) is 154 cm³/mol. The van der Waals surface area contributed by atoms with Gasteiger partial charge in [-0.15, -0.1) is 11.3 Å². The smallest absolute Gasteiger partial charge is 0.225 e. The monoisotopic (exact) mass is 578 g/mol. The van der Waals surface area contributed by atoms with Gasteiger partial charge < -0.3 is 10.2 Å². The lowest BCUT2D eigenvalue weighted by molar-refractivity contribution is -0.127. The van der Waals surface area contributed by atoms with Crippen molar-refractivity contribution in [2.45, 2.75) is 50.0 Å². The molecular formula is C30H31FN4O3S2. The highest BCUT2D eigenvalue weighted by atomic mass is 32.2. The Labute approximate surface area is 238 Å². The third-order valence-electron chi connectivity index (χ3n) is 8.34. The van der Waals surface area contributed by atoms with Crippen LogP contribution < -0.4 is 10.2 Å². The Hall–Kier alpha value is -3.29. The molecule has 0 unspecified atom stereocenters. The first-order valence-corrected chi connectivity index (χ1v) is 16.5. The first kappa shape index (κ1) is 26.9. The Bertz CT molecular complexity index is 1560. The number of halogens is 1. The molecule has 2 heterocycles. The normalized spacial score (nSPS) is 23.2. The number of hydrogen-bond donors (Lipinski definition) is 1. The van der Waals surface area contributed by atoms with Gasteiger partial charge in [0, 0.05) is 36.2 Å². The molecule has 40 heavy (non-hydrogen) atoms.